The molecule has 2 aromatic heterocycles. The maximum atomic E-state index is 16.1. The van der Waals surface area contributed by atoms with Crippen LogP contribution in [0, 0.1) is 5.82 Å². The molecular weight excluding hydrogens is 680 g/mol. The molecule has 0 radical (unpaired) electrons. The molecule has 10 rings (SSSR count). The molecule has 0 unspecified atom stereocenters. The van der Waals surface area contributed by atoms with Crippen LogP contribution in [-0.4, -0.2) is 29.9 Å². The van der Waals surface area contributed by atoms with Crippen LogP contribution in [-0.2, 0) is 0 Å². The van der Waals surface area contributed by atoms with Crippen LogP contribution in [0.1, 0.15) is 0 Å². The molecule has 0 saturated heterocycles. The Bertz CT molecular complexity index is 2950. The highest BCUT2D eigenvalue weighted by molar-refractivity contribution is 6.25. The number of aromatic nitrogens is 6. The molecule has 0 spiro atoms. The first-order chi connectivity index (χ1) is 27.2. The lowest BCUT2D eigenvalue weighted by Crippen LogP contribution is -2.03. The van der Waals surface area contributed by atoms with Crippen molar-refractivity contribution < 1.29 is 4.39 Å². The molecule has 8 aromatic carbocycles. The summed E-state index contributed by atoms with van der Waals surface area (Å²) in [6, 6.07) is 57.2. The first kappa shape index (κ1) is 32.2. The molecular formula is C48H29FN6. The molecule has 55 heavy (non-hydrogen) atoms. The van der Waals surface area contributed by atoms with Gasteiger partial charge in [-0.3, -0.25) is 0 Å². The molecule has 0 N–H and O–H groups in total. The molecule has 0 saturated carbocycles. The van der Waals surface area contributed by atoms with Crippen molar-refractivity contribution in [1.82, 2.24) is 29.9 Å². The predicted octanol–water partition coefficient (Wildman–Crippen LogP) is 11.7. The Morgan fingerprint density at radius 2 is 0.582 bits per heavy atom. The van der Waals surface area contributed by atoms with Gasteiger partial charge in [-0.05, 0) is 56.6 Å². The van der Waals surface area contributed by atoms with E-state index >= 15 is 4.39 Å². The molecule has 258 valence electrons. The molecule has 2 heterocycles. The van der Waals surface area contributed by atoms with Crippen LogP contribution in [0.2, 0.25) is 0 Å². The molecule has 0 aliphatic rings. The van der Waals surface area contributed by atoms with Crippen molar-refractivity contribution in [2.45, 2.75) is 0 Å². The second kappa shape index (κ2) is 13.5. The third-order valence-corrected chi connectivity index (χ3v) is 9.83. The quantitative estimate of drug-likeness (QED) is 0.160. The average Bonchev–Trinajstić information content (AvgIpc) is 3.27. The van der Waals surface area contributed by atoms with Gasteiger partial charge in [-0.25, -0.2) is 34.3 Å². The Labute approximate surface area is 315 Å². The second-order valence-corrected chi connectivity index (χ2v) is 13.3. The Balaban J connectivity index is 1.16. The van der Waals surface area contributed by atoms with E-state index in [9.17, 15) is 0 Å². The molecule has 0 fully saturated rings. The van der Waals surface area contributed by atoms with Gasteiger partial charge in [0.15, 0.2) is 34.9 Å². The first-order valence-corrected chi connectivity index (χ1v) is 18.0. The summed E-state index contributed by atoms with van der Waals surface area (Å²) in [5.74, 6) is 2.03. The summed E-state index contributed by atoms with van der Waals surface area (Å²) in [5.41, 5.74) is 4.08. The van der Waals surface area contributed by atoms with E-state index in [1.54, 1.807) is 12.1 Å². The first-order valence-electron chi connectivity index (χ1n) is 18.0. The highest BCUT2D eigenvalue weighted by Crippen LogP contribution is 2.37. The van der Waals surface area contributed by atoms with Crippen LogP contribution in [0.25, 0.3) is 101 Å². The summed E-state index contributed by atoms with van der Waals surface area (Å²) < 4.78 is 16.1. The van der Waals surface area contributed by atoms with Gasteiger partial charge in [-0.1, -0.05) is 152 Å². The topological polar surface area (TPSA) is 77.3 Å². The number of nitrogens with zero attached hydrogens (tertiary/aromatic N) is 6. The summed E-state index contributed by atoms with van der Waals surface area (Å²) in [7, 11) is 0. The molecule has 0 aliphatic carbocycles. The van der Waals surface area contributed by atoms with Crippen LogP contribution >= 0.6 is 0 Å². The Kier molecular flexibility index (Phi) is 7.88. The molecule has 0 bridgehead atoms. The van der Waals surface area contributed by atoms with Crippen LogP contribution < -0.4 is 0 Å². The zero-order valence-electron chi connectivity index (χ0n) is 29.3. The highest BCUT2D eigenvalue weighted by atomic mass is 19.1. The third kappa shape index (κ3) is 5.94. The van der Waals surface area contributed by atoms with E-state index in [2.05, 4.69) is 60.7 Å². The lowest BCUT2D eigenvalue weighted by molar-refractivity contribution is 0.630. The predicted molar refractivity (Wildman–Crippen MR) is 218 cm³/mol. The number of halogens is 1. The van der Waals surface area contributed by atoms with E-state index in [1.807, 2.05) is 97.1 Å². The smallest absolute Gasteiger partial charge is 0.167 e. The van der Waals surface area contributed by atoms with Gasteiger partial charge >= 0.3 is 0 Å². The molecule has 0 atom stereocenters. The van der Waals surface area contributed by atoms with Crippen molar-refractivity contribution in [3.63, 3.8) is 0 Å². The van der Waals surface area contributed by atoms with E-state index in [-0.39, 0.29) is 11.4 Å². The van der Waals surface area contributed by atoms with Gasteiger partial charge in [0.2, 0.25) is 0 Å². The van der Waals surface area contributed by atoms with Crippen molar-refractivity contribution in [2.75, 3.05) is 0 Å². The summed E-state index contributed by atoms with van der Waals surface area (Å²) in [6.45, 7) is 0. The minimum atomic E-state index is -0.475. The minimum Gasteiger partial charge on any atom is -0.208 e. The van der Waals surface area contributed by atoms with Gasteiger partial charge in [0.1, 0.15) is 5.82 Å². The summed E-state index contributed by atoms with van der Waals surface area (Å²) >= 11 is 0. The van der Waals surface area contributed by atoms with Gasteiger partial charge < -0.3 is 0 Å². The molecule has 7 heteroatoms. The fourth-order valence-corrected chi connectivity index (χ4v) is 7.16. The summed E-state index contributed by atoms with van der Waals surface area (Å²) in [6.07, 6.45) is 0. The molecule has 0 aliphatic heterocycles. The maximum Gasteiger partial charge on any atom is 0.167 e. The third-order valence-electron chi connectivity index (χ3n) is 9.83. The monoisotopic (exact) mass is 708 g/mol. The van der Waals surface area contributed by atoms with Gasteiger partial charge in [0.05, 0.1) is 5.56 Å². The van der Waals surface area contributed by atoms with Crippen LogP contribution in [0.5, 0.6) is 0 Å². The zero-order chi connectivity index (χ0) is 36.7. The standard InChI is InChI=1S/C48H29FN6/c49-42-27-25-34(46-51-43(30-14-4-1-5-15-30)50-44(52-46)31-16-6-2-7-17-31)29-41(42)48-54-45(32-18-8-3-9-19-32)53-47(55-48)33-24-26-39-37-22-11-10-20-35(37)36-21-12-13-23-38(36)40(39)28-33/h1-29H. The lowest BCUT2D eigenvalue weighted by atomic mass is 9.93. The van der Waals surface area contributed by atoms with Gasteiger partial charge in [0.25, 0.3) is 0 Å². The fourth-order valence-electron chi connectivity index (χ4n) is 7.16. The highest BCUT2D eigenvalue weighted by Gasteiger charge is 2.19. The SMILES string of the molecule is Fc1ccc(-c2nc(-c3ccccc3)nc(-c3ccccc3)n2)cc1-c1nc(-c2ccccc2)nc(-c2ccc3c4ccccc4c4ccccc4c3c2)n1. The molecule has 10 aromatic rings. The van der Waals surface area contributed by atoms with Gasteiger partial charge in [-0.15, -0.1) is 0 Å². The van der Waals surface area contributed by atoms with Crippen LogP contribution in [0.4, 0.5) is 4.39 Å². The van der Waals surface area contributed by atoms with Gasteiger partial charge in [0, 0.05) is 27.8 Å². The Morgan fingerprint density at radius 3 is 1.04 bits per heavy atom. The van der Waals surface area contributed by atoms with E-state index in [4.69, 9.17) is 29.9 Å². The average molecular weight is 709 g/mol. The van der Waals surface area contributed by atoms with Crippen LogP contribution in [0.15, 0.2) is 176 Å². The number of hydrogen-bond acceptors (Lipinski definition) is 6. The number of benzene rings is 8. The van der Waals surface area contributed by atoms with Crippen molar-refractivity contribution >= 4 is 32.3 Å². The van der Waals surface area contributed by atoms with E-state index in [1.165, 1.54) is 22.2 Å². The van der Waals surface area contributed by atoms with Crippen LogP contribution in [0.3, 0.4) is 0 Å². The van der Waals surface area contributed by atoms with Crippen molar-refractivity contribution in [2.24, 2.45) is 0 Å². The molecule has 6 nitrogen and oxygen atoms in total. The van der Waals surface area contributed by atoms with E-state index in [0.29, 0.717) is 34.7 Å². The number of rotatable bonds is 6. The second-order valence-electron chi connectivity index (χ2n) is 13.3. The normalized spacial score (nSPS) is 11.4. The summed E-state index contributed by atoms with van der Waals surface area (Å²) in [4.78, 5) is 29.4. The summed E-state index contributed by atoms with van der Waals surface area (Å²) in [5, 5.41) is 6.90. The zero-order valence-corrected chi connectivity index (χ0v) is 29.3. The number of hydrogen-bond donors (Lipinski definition) is 0. The maximum absolute atomic E-state index is 16.1. The van der Waals surface area contributed by atoms with Crippen molar-refractivity contribution in [3.8, 4) is 68.3 Å². The van der Waals surface area contributed by atoms with Crippen molar-refractivity contribution in [1.29, 1.82) is 0 Å². The van der Waals surface area contributed by atoms with E-state index < -0.39 is 5.82 Å². The Hall–Kier alpha value is -7.51. The fraction of sp³-hybridized carbons (Fsp3) is 0. The lowest BCUT2D eigenvalue weighted by Gasteiger charge is -2.13. The Morgan fingerprint density at radius 1 is 0.255 bits per heavy atom. The number of fused-ring (bicyclic) bond motifs is 6. The molecule has 0 amide bonds. The largest absolute Gasteiger partial charge is 0.208 e. The van der Waals surface area contributed by atoms with E-state index in [0.717, 1.165) is 38.4 Å². The van der Waals surface area contributed by atoms with Crippen molar-refractivity contribution in [3.05, 3.63) is 182 Å². The minimum absolute atomic E-state index is 0.201. The van der Waals surface area contributed by atoms with Gasteiger partial charge in [-0.2, -0.15) is 0 Å².